The highest BCUT2D eigenvalue weighted by molar-refractivity contribution is 7.89. The molecule has 1 heterocycles. The lowest BCUT2D eigenvalue weighted by Crippen LogP contribution is -2.43. The molecule has 1 aliphatic rings. The maximum Gasteiger partial charge on any atom is 0.243 e. The van der Waals surface area contributed by atoms with Crippen LogP contribution in [0.25, 0.3) is 0 Å². The minimum Gasteiger partial charge on any atom is -0.326 e. The number of nitrogens with zero attached hydrogens (tertiary/aromatic N) is 1. The van der Waals surface area contributed by atoms with E-state index in [0.29, 0.717) is 25.1 Å². The minimum atomic E-state index is -3.75. The second kappa shape index (κ2) is 9.50. The SMILES string of the molecule is CCCCc1ccc(NC(=O)C2CCCN(S(=O)(=O)c3ccc(F)cc3)C2)cc1. The van der Waals surface area contributed by atoms with Crippen molar-refractivity contribution < 1.29 is 17.6 Å². The highest BCUT2D eigenvalue weighted by Crippen LogP contribution is 2.25. The lowest BCUT2D eigenvalue weighted by atomic mass is 9.98. The monoisotopic (exact) mass is 418 g/mol. The number of unbranched alkanes of at least 4 members (excludes halogenated alkanes) is 1. The molecule has 1 atom stereocenters. The van der Waals surface area contributed by atoms with E-state index in [0.717, 1.165) is 31.4 Å². The summed E-state index contributed by atoms with van der Waals surface area (Å²) in [5, 5.41) is 2.90. The van der Waals surface area contributed by atoms with Crippen molar-refractivity contribution in [2.75, 3.05) is 18.4 Å². The first-order valence-corrected chi connectivity index (χ1v) is 11.5. The van der Waals surface area contributed by atoms with Gasteiger partial charge >= 0.3 is 0 Å². The van der Waals surface area contributed by atoms with Crippen LogP contribution in [0, 0.1) is 11.7 Å². The average molecular weight is 419 g/mol. The van der Waals surface area contributed by atoms with Crippen LogP contribution in [0.15, 0.2) is 53.4 Å². The topological polar surface area (TPSA) is 66.5 Å². The van der Waals surface area contributed by atoms with E-state index in [1.54, 1.807) is 0 Å². The van der Waals surface area contributed by atoms with Crippen LogP contribution in [0.2, 0.25) is 0 Å². The molecule has 0 radical (unpaired) electrons. The zero-order valence-electron chi connectivity index (χ0n) is 16.6. The van der Waals surface area contributed by atoms with E-state index >= 15 is 0 Å². The number of benzene rings is 2. The summed E-state index contributed by atoms with van der Waals surface area (Å²) in [6.45, 7) is 2.63. The molecule has 0 saturated carbocycles. The van der Waals surface area contributed by atoms with Gasteiger partial charge in [-0.2, -0.15) is 4.31 Å². The summed E-state index contributed by atoms with van der Waals surface area (Å²) in [6.07, 6.45) is 4.53. The summed E-state index contributed by atoms with van der Waals surface area (Å²) >= 11 is 0. The summed E-state index contributed by atoms with van der Waals surface area (Å²) in [5.41, 5.74) is 1.95. The number of amides is 1. The minimum absolute atomic E-state index is 0.0441. The second-order valence-corrected chi connectivity index (χ2v) is 9.38. The lowest BCUT2D eigenvalue weighted by Gasteiger charge is -2.31. The first kappa shape index (κ1) is 21.5. The Morgan fingerprint density at radius 2 is 1.83 bits per heavy atom. The predicted octanol–water partition coefficient (Wildman–Crippen LogP) is 4.21. The van der Waals surface area contributed by atoms with E-state index in [1.165, 1.54) is 22.0 Å². The van der Waals surface area contributed by atoms with Crippen LogP contribution < -0.4 is 5.32 Å². The van der Waals surface area contributed by atoms with Gasteiger partial charge in [0.2, 0.25) is 15.9 Å². The van der Waals surface area contributed by atoms with Crippen molar-refractivity contribution in [3.63, 3.8) is 0 Å². The quantitative estimate of drug-likeness (QED) is 0.733. The van der Waals surface area contributed by atoms with E-state index < -0.39 is 21.8 Å². The third-order valence-electron chi connectivity index (χ3n) is 5.25. The Kier molecular flexibility index (Phi) is 7.03. The molecule has 1 amide bonds. The smallest absolute Gasteiger partial charge is 0.243 e. The van der Waals surface area contributed by atoms with Crippen molar-refractivity contribution >= 4 is 21.6 Å². The molecule has 1 fully saturated rings. The number of hydrogen-bond acceptors (Lipinski definition) is 3. The number of aryl methyl sites for hydroxylation is 1. The normalized spacial score (nSPS) is 17.8. The van der Waals surface area contributed by atoms with Gasteiger partial charge in [0.15, 0.2) is 0 Å². The number of nitrogens with one attached hydrogen (secondary N) is 1. The number of piperidine rings is 1. The van der Waals surface area contributed by atoms with Gasteiger partial charge in [-0.25, -0.2) is 12.8 Å². The van der Waals surface area contributed by atoms with Gasteiger partial charge in [-0.1, -0.05) is 25.5 Å². The van der Waals surface area contributed by atoms with E-state index in [2.05, 4.69) is 12.2 Å². The number of anilines is 1. The van der Waals surface area contributed by atoms with Crippen molar-refractivity contribution in [3.05, 3.63) is 59.9 Å². The standard InChI is InChI=1S/C22H27FN2O3S/c1-2-3-5-17-7-11-20(12-8-17)24-22(26)18-6-4-15-25(16-18)29(27,28)21-13-9-19(23)10-14-21/h7-14,18H,2-6,15-16H2,1H3,(H,24,26). The van der Waals surface area contributed by atoms with Gasteiger partial charge < -0.3 is 5.32 Å². The van der Waals surface area contributed by atoms with Gasteiger partial charge in [-0.3, -0.25) is 4.79 Å². The van der Waals surface area contributed by atoms with E-state index in [9.17, 15) is 17.6 Å². The molecule has 1 aliphatic heterocycles. The zero-order chi connectivity index (χ0) is 20.9. The van der Waals surface area contributed by atoms with Crippen LogP contribution in [0.1, 0.15) is 38.2 Å². The molecule has 7 heteroatoms. The molecule has 2 aromatic carbocycles. The molecule has 156 valence electrons. The fourth-order valence-electron chi connectivity index (χ4n) is 3.51. The van der Waals surface area contributed by atoms with Gasteiger partial charge in [-0.15, -0.1) is 0 Å². The van der Waals surface area contributed by atoms with Crippen LogP contribution in [-0.4, -0.2) is 31.7 Å². The molecule has 1 unspecified atom stereocenters. The van der Waals surface area contributed by atoms with Crippen LogP contribution in [-0.2, 0) is 21.2 Å². The summed E-state index contributed by atoms with van der Waals surface area (Å²) in [5.74, 6) is -1.08. The summed E-state index contributed by atoms with van der Waals surface area (Å²) < 4.78 is 40.1. The van der Waals surface area contributed by atoms with Crippen LogP contribution in [0.4, 0.5) is 10.1 Å². The molecule has 1 saturated heterocycles. The van der Waals surface area contributed by atoms with Gasteiger partial charge in [0.25, 0.3) is 0 Å². The first-order chi connectivity index (χ1) is 13.9. The highest BCUT2D eigenvalue weighted by Gasteiger charge is 2.33. The Bertz CT molecular complexity index is 928. The second-order valence-electron chi connectivity index (χ2n) is 7.45. The molecule has 5 nitrogen and oxygen atoms in total. The Morgan fingerprint density at radius 3 is 2.48 bits per heavy atom. The molecule has 2 aromatic rings. The first-order valence-electron chi connectivity index (χ1n) is 10.1. The van der Waals surface area contributed by atoms with Crippen molar-refractivity contribution in [1.29, 1.82) is 0 Å². The van der Waals surface area contributed by atoms with Crippen molar-refractivity contribution in [3.8, 4) is 0 Å². The summed E-state index contributed by atoms with van der Waals surface area (Å²) in [4.78, 5) is 12.7. The third-order valence-corrected chi connectivity index (χ3v) is 7.13. The molecule has 0 aromatic heterocycles. The molecular formula is C22H27FN2O3S. The number of carbonyl (C=O) groups is 1. The van der Waals surface area contributed by atoms with Gasteiger partial charge in [-0.05, 0) is 67.6 Å². The van der Waals surface area contributed by atoms with Crippen molar-refractivity contribution in [1.82, 2.24) is 4.31 Å². The summed E-state index contributed by atoms with van der Waals surface area (Å²) in [6, 6.07) is 12.6. The third kappa shape index (κ3) is 5.42. The van der Waals surface area contributed by atoms with Gasteiger partial charge in [0.1, 0.15) is 5.82 Å². The number of sulfonamides is 1. The molecule has 3 rings (SSSR count). The molecule has 0 spiro atoms. The molecule has 1 N–H and O–H groups in total. The zero-order valence-corrected chi connectivity index (χ0v) is 17.4. The maximum absolute atomic E-state index is 13.1. The van der Waals surface area contributed by atoms with Crippen LogP contribution >= 0.6 is 0 Å². The molecule has 0 bridgehead atoms. The maximum atomic E-state index is 13.1. The Balaban J connectivity index is 1.64. The van der Waals surface area contributed by atoms with E-state index in [-0.39, 0.29) is 17.3 Å². The van der Waals surface area contributed by atoms with Crippen LogP contribution in [0.3, 0.4) is 0 Å². The molecule has 29 heavy (non-hydrogen) atoms. The fraction of sp³-hybridized carbons (Fsp3) is 0.409. The van der Waals surface area contributed by atoms with Gasteiger partial charge in [0.05, 0.1) is 10.8 Å². The number of halogens is 1. The number of carbonyl (C=O) groups excluding carboxylic acids is 1. The predicted molar refractivity (Wildman–Crippen MR) is 112 cm³/mol. The van der Waals surface area contributed by atoms with Gasteiger partial charge in [0, 0.05) is 18.8 Å². The number of rotatable bonds is 7. The average Bonchev–Trinajstić information content (AvgIpc) is 2.73. The van der Waals surface area contributed by atoms with E-state index in [4.69, 9.17) is 0 Å². The van der Waals surface area contributed by atoms with E-state index in [1.807, 2.05) is 24.3 Å². The molecule has 0 aliphatic carbocycles. The Hall–Kier alpha value is -2.25. The van der Waals surface area contributed by atoms with Crippen molar-refractivity contribution in [2.45, 2.75) is 43.9 Å². The Morgan fingerprint density at radius 1 is 1.14 bits per heavy atom. The number of hydrogen-bond donors (Lipinski definition) is 1. The summed E-state index contributed by atoms with van der Waals surface area (Å²) in [7, 11) is -3.75. The lowest BCUT2D eigenvalue weighted by molar-refractivity contribution is -0.120. The highest BCUT2D eigenvalue weighted by atomic mass is 32.2. The van der Waals surface area contributed by atoms with Crippen molar-refractivity contribution in [2.24, 2.45) is 5.92 Å². The largest absolute Gasteiger partial charge is 0.326 e. The molecular weight excluding hydrogens is 391 g/mol. The fourth-order valence-corrected chi connectivity index (χ4v) is 5.03. The Labute approximate surface area is 172 Å². The van der Waals surface area contributed by atoms with Crippen LogP contribution in [0.5, 0.6) is 0 Å².